The molecule has 2 aromatic carbocycles. The largest absolute Gasteiger partial charge is 0.457 e. The molecule has 0 bridgehead atoms. The summed E-state index contributed by atoms with van der Waals surface area (Å²) >= 11 is 0. The van der Waals surface area contributed by atoms with E-state index in [0.29, 0.717) is 0 Å². The van der Waals surface area contributed by atoms with Crippen LogP contribution in [-0.2, 0) is 11.3 Å². The van der Waals surface area contributed by atoms with Crippen LogP contribution in [0, 0.1) is 24.0 Å². The van der Waals surface area contributed by atoms with E-state index < -0.39 is 10.9 Å². The molecule has 2 aromatic rings. The summed E-state index contributed by atoms with van der Waals surface area (Å²) in [6, 6.07) is 12.1. The highest BCUT2D eigenvalue weighted by Crippen LogP contribution is 2.24. The Morgan fingerprint density at radius 1 is 1.14 bits per heavy atom. The third kappa shape index (κ3) is 3.45. The second-order valence-corrected chi connectivity index (χ2v) is 4.77. The topological polar surface area (TPSA) is 69.4 Å². The van der Waals surface area contributed by atoms with Crippen LogP contribution >= 0.6 is 0 Å². The Bertz CT molecular complexity index is 680. The van der Waals surface area contributed by atoms with Crippen LogP contribution in [0.2, 0.25) is 0 Å². The quantitative estimate of drug-likeness (QED) is 0.489. The van der Waals surface area contributed by atoms with Crippen LogP contribution in [0.1, 0.15) is 27.0 Å². The molecule has 108 valence electrons. The smallest absolute Gasteiger partial charge is 0.345 e. The van der Waals surface area contributed by atoms with Gasteiger partial charge in [-0.25, -0.2) is 4.79 Å². The number of nitro benzene ring substituents is 1. The molecule has 0 aromatic heterocycles. The molecule has 2 rings (SSSR count). The molecular weight excluding hydrogens is 270 g/mol. The van der Waals surface area contributed by atoms with Crippen LogP contribution in [0.5, 0.6) is 0 Å². The highest BCUT2D eigenvalue weighted by molar-refractivity contribution is 5.94. The molecule has 0 amide bonds. The average molecular weight is 285 g/mol. The highest BCUT2D eigenvalue weighted by atomic mass is 16.6. The van der Waals surface area contributed by atoms with E-state index in [1.54, 1.807) is 13.8 Å². The number of carbonyl (C=O) groups is 1. The molecule has 5 heteroatoms. The number of nitro groups is 1. The Morgan fingerprint density at radius 2 is 1.76 bits per heavy atom. The van der Waals surface area contributed by atoms with Gasteiger partial charge < -0.3 is 4.74 Å². The molecule has 0 aliphatic heterocycles. The van der Waals surface area contributed by atoms with Crippen LogP contribution in [0.25, 0.3) is 0 Å². The van der Waals surface area contributed by atoms with Crippen molar-refractivity contribution in [2.75, 3.05) is 0 Å². The molecule has 21 heavy (non-hydrogen) atoms. The summed E-state index contributed by atoms with van der Waals surface area (Å²) in [7, 11) is 0. The summed E-state index contributed by atoms with van der Waals surface area (Å²) in [6.45, 7) is 3.65. The summed E-state index contributed by atoms with van der Waals surface area (Å²) in [6.07, 6.45) is 0. The fourth-order valence-corrected chi connectivity index (χ4v) is 1.92. The lowest BCUT2D eigenvalue weighted by molar-refractivity contribution is -0.385. The Labute approximate surface area is 122 Å². The van der Waals surface area contributed by atoms with E-state index in [-0.39, 0.29) is 17.9 Å². The van der Waals surface area contributed by atoms with Crippen molar-refractivity contribution < 1.29 is 14.5 Å². The van der Waals surface area contributed by atoms with E-state index in [2.05, 4.69) is 0 Å². The minimum Gasteiger partial charge on any atom is -0.457 e. The second kappa shape index (κ2) is 6.17. The van der Waals surface area contributed by atoms with E-state index in [9.17, 15) is 14.9 Å². The maximum absolute atomic E-state index is 12.1. The van der Waals surface area contributed by atoms with Gasteiger partial charge in [-0.2, -0.15) is 0 Å². The molecule has 0 saturated carbocycles. The van der Waals surface area contributed by atoms with Gasteiger partial charge in [0.1, 0.15) is 12.2 Å². The first-order valence-electron chi connectivity index (χ1n) is 6.45. The van der Waals surface area contributed by atoms with Gasteiger partial charge in [0.05, 0.1) is 4.92 Å². The van der Waals surface area contributed by atoms with Crippen LogP contribution in [0.15, 0.2) is 42.5 Å². The molecule has 0 aliphatic carbocycles. The molecule has 5 nitrogen and oxygen atoms in total. The van der Waals surface area contributed by atoms with E-state index in [0.717, 1.165) is 16.7 Å². The number of benzene rings is 2. The van der Waals surface area contributed by atoms with Gasteiger partial charge in [0.15, 0.2) is 0 Å². The van der Waals surface area contributed by atoms with Gasteiger partial charge in [0.25, 0.3) is 5.69 Å². The standard InChI is InChI=1S/C16H15NO4/c1-11-8-14(15(17(19)20)9-12(11)2)16(18)21-10-13-6-4-3-5-7-13/h3-9H,10H2,1-2H3. The summed E-state index contributed by atoms with van der Waals surface area (Å²) in [5.74, 6) is -0.686. The molecule has 0 aliphatic rings. The van der Waals surface area contributed by atoms with E-state index >= 15 is 0 Å². The fraction of sp³-hybridized carbons (Fsp3) is 0.188. The van der Waals surface area contributed by atoms with Gasteiger partial charge in [0.2, 0.25) is 0 Å². The summed E-state index contributed by atoms with van der Waals surface area (Å²) < 4.78 is 5.16. The van der Waals surface area contributed by atoms with Gasteiger partial charge in [-0.05, 0) is 36.6 Å². The van der Waals surface area contributed by atoms with Crippen LogP contribution < -0.4 is 0 Å². The molecular formula is C16H15NO4. The lowest BCUT2D eigenvalue weighted by atomic mass is 10.0. The lowest BCUT2D eigenvalue weighted by Gasteiger charge is -2.08. The summed E-state index contributed by atoms with van der Waals surface area (Å²) in [4.78, 5) is 22.6. The Balaban J connectivity index is 2.22. The van der Waals surface area contributed by atoms with E-state index in [4.69, 9.17) is 4.74 Å². The number of hydrogen-bond acceptors (Lipinski definition) is 4. The lowest BCUT2D eigenvalue weighted by Crippen LogP contribution is -2.09. The Kier molecular flexibility index (Phi) is 4.33. The predicted octanol–water partition coefficient (Wildman–Crippen LogP) is 3.57. The first kappa shape index (κ1) is 14.7. The van der Waals surface area contributed by atoms with Crippen molar-refractivity contribution in [3.05, 3.63) is 74.8 Å². The Hall–Kier alpha value is -2.69. The molecule has 0 radical (unpaired) electrons. The zero-order valence-corrected chi connectivity index (χ0v) is 11.8. The number of aryl methyl sites for hydroxylation is 2. The average Bonchev–Trinajstić information content (AvgIpc) is 2.48. The van der Waals surface area contributed by atoms with Crippen molar-refractivity contribution in [1.82, 2.24) is 0 Å². The van der Waals surface area contributed by atoms with Crippen LogP contribution in [-0.4, -0.2) is 10.9 Å². The molecule has 0 saturated heterocycles. The normalized spacial score (nSPS) is 10.2. The van der Waals surface area contributed by atoms with E-state index in [1.807, 2.05) is 30.3 Å². The molecule has 0 spiro atoms. The van der Waals surface area contributed by atoms with Crippen molar-refractivity contribution in [2.45, 2.75) is 20.5 Å². The number of ether oxygens (including phenoxy) is 1. The zero-order chi connectivity index (χ0) is 15.4. The number of carbonyl (C=O) groups excluding carboxylic acids is 1. The molecule has 0 heterocycles. The van der Waals surface area contributed by atoms with Crippen molar-refractivity contribution in [3.63, 3.8) is 0 Å². The van der Waals surface area contributed by atoms with Crippen molar-refractivity contribution in [3.8, 4) is 0 Å². The van der Waals surface area contributed by atoms with E-state index in [1.165, 1.54) is 12.1 Å². The first-order chi connectivity index (χ1) is 9.99. The minimum absolute atomic E-state index is 0.0148. The fourth-order valence-electron chi connectivity index (χ4n) is 1.92. The third-order valence-corrected chi connectivity index (χ3v) is 3.24. The second-order valence-electron chi connectivity index (χ2n) is 4.77. The predicted molar refractivity (Wildman–Crippen MR) is 78.1 cm³/mol. The van der Waals surface area contributed by atoms with Crippen LogP contribution in [0.3, 0.4) is 0 Å². The van der Waals surface area contributed by atoms with Crippen molar-refractivity contribution >= 4 is 11.7 Å². The number of esters is 1. The SMILES string of the molecule is Cc1cc(C(=O)OCc2ccccc2)c([N+](=O)[O-])cc1C. The highest BCUT2D eigenvalue weighted by Gasteiger charge is 2.22. The number of nitrogens with zero attached hydrogens (tertiary/aromatic N) is 1. The number of rotatable bonds is 4. The maximum atomic E-state index is 12.1. The van der Waals surface area contributed by atoms with Gasteiger partial charge in [-0.15, -0.1) is 0 Å². The molecule has 0 atom stereocenters. The molecule has 0 unspecified atom stereocenters. The molecule has 0 N–H and O–H groups in total. The first-order valence-corrected chi connectivity index (χ1v) is 6.45. The third-order valence-electron chi connectivity index (χ3n) is 3.24. The van der Waals surface area contributed by atoms with Gasteiger partial charge in [-0.3, -0.25) is 10.1 Å². The van der Waals surface area contributed by atoms with Gasteiger partial charge in [-0.1, -0.05) is 30.3 Å². The summed E-state index contributed by atoms with van der Waals surface area (Å²) in [5.41, 5.74) is 2.17. The zero-order valence-electron chi connectivity index (χ0n) is 11.8. The summed E-state index contributed by atoms with van der Waals surface area (Å²) in [5, 5.41) is 11.1. The maximum Gasteiger partial charge on any atom is 0.345 e. The Morgan fingerprint density at radius 3 is 2.38 bits per heavy atom. The van der Waals surface area contributed by atoms with Gasteiger partial charge >= 0.3 is 5.97 Å². The van der Waals surface area contributed by atoms with Crippen molar-refractivity contribution in [2.24, 2.45) is 0 Å². The minimum atomic E-state index is -0.686. The number of hydrogen-bond donors (Lipinski definition) is 0. The van der Waals surface area contributed by atoms with Crippen molar-refractivity contribution in [1.29, 1.82) is 0 Å². The molecule has 0 fully saturated rings. The van der Waals surface area contributed by atoms with Gasteiger partial charge in [0, 0.05) is 6.07 Å². The monoisotopic (exact) mass is 285 g/mol. The van der Waals surface area contributed by atoms with Crippen LogP contribution in [0.4, 0.5) is 5.69 Å².